The second-order valence-electron chi connectivity index (χ2n) is 10.8. The molecule has 0 saturated heterocycles. The van der Waals surface area contributed by atoms with E-state index in [4.69, 9.17) is 0 Å². The summed E-state index contributed by atoms with van der Waals surface area (Å²) in [7, 11) is 0. The van der Waals surface area contributed by atoms with Crippen molar-refractivity contribution in [1.82, 2.24) is 0 Å². The molecule has 196 valence electrons. The third-order valence-electron chi connectivity index (χ3n) is 8.06. The molecule has 34 heavy (non-hydrogen) atoms. The highest BCUT2D eigenvalue weighted by atomic mass is 15.3. The largest absolute Gasteiger partial charge is 0.320 e. The molecule has 0 amide bonds. The van der Waals surface area contributed by atoms with Crippen LogP contribution in [0.25, 0.3) is 6.08 Å². The van der Waals surface area contributed by atoms with E-state index >= 15 is 0 Å². The molecule has 0 aromatic heterocycles. The maximum Gasteiger partial charge on any atom is 0.104 e. The first kappa shape index (κ1) is 31.0. The van der Waals surface area contributed by atoms with E-state index in [0.29, 0.717) is 0 Å². The number of nitrogens with zero attached hydrogens (tertiary/aromatic N) is 1. The Balaban J connectivity index is 1.98. The second-order valence-corrected chi connectivity index (χ2v) is 10.8. The molecule has 0 saturated carbocycles. The first-order valence-corrected chi connectivity index (χ1v) is 15.3. The number of hydrogen-bond donors (Lipinski definition) is 0. The van der Waals surface area contributed by atoms with Crippen LogP contribution in [0.3, 0.4) is 0 Å². The van der Waals surface area contributed by atoms with Crippen molar-refractivity contribution in [2.45, 2.75) is 143 Å². The van der Waals surface area contributed by atoms with E-state index in [2.05, 4.69) is 51.6 Å². The summed E-state index contributed by atoms with van der Waals surface area (Å²) < 4.78 is 1.23. The quantitative estimate of drug-likeness (QED) is 0.104. The smallest absolute Gasteiger partial charge is 0.104 e. The molecule has 1 rings (SSSR count). The average molecular weight is 471 g/mol. The third kappa shape index (κ3) is 15.0. The molecule has 0 aliphatic heterocycles. The summed E-state index contributed by atoms with van der Waals surface area (Å²) in [5.74, 6) is 0. The fourth-order valence-corrected chi connectivity index (χ4v) is 5.34. The van der Waals surface area contributed by atoms with Crippen LogP contribution in [0, 0.1) is 0 Å². The predicted molar refractivity (Wildman–Crippen MR) is 155 cm³/mol. The third-order valence-corrected chi connectivity index (χ3v) is 8.06. The molecule has 0 fully saturated rings. The van der Waals surface area contributed by atoms with Crippen LogP contribution in [0.2, 0.25) is 0 Å². The number of benzene rings is 1. The van der Waals surface area contributed by atoms with Crippen molar-refractivity contribution in [3.05, 3.63) is 42.0 Å². The Kier molecular flexibility index (Phi) is 19.3. The second kappa shape index (κ2) is 21.2. The Morgan fingerprint density at radius 1 is 0.559 bits per heavy atom. The Bertz CT molecular complexity index is 569. The van der Waals surface area contributed by atoms with Crippen LogP contribution >= 0.6 is 0 Å². The van der Waals surface area contributed by atoms with Gasteiger partial charge in [0, 0.05) is 5.56 Å². The molecule has 0 aliphatic carbocycles. The van der Waals surface area contributed by atoms with E-state index in [1.54, 1.807) is 0 Å². The summed E-state index contributed by atoms with van der Waals surface area (Å²) in [5.41, 5.74) is 2.69. The topological polar surface area (TPSA) is 0 Å². The summed E-state index contributed by atoms with van der Waals surface area (Å²) in [6.45, 7) is 15.9. The molecule has 1 aromatic rings. The Morgan fingerprint density at radius 3 is 1.29 bits per heavy atom. The Hall–Kier alpha value is -1.08. The van der Waals surface area contributed by atoms with Gasteiger partial charge in [0.05, 0.1) is 19.6 Å². The molecule has 0 heterocycles. The zero-order valence-corrected chi connectivity index (χ0v) is 23.6. The minimum Gasteiger partial charge on any atom is -0.320 e. The van der Waals surface area contributed by atoms with Crippen molar-refractivity contribution in [3.63, 3.8) is 0 Å². The first-order valence-electron chi connectivity index (χ1n) is 15.3. The van der Waals surface area contributed by atoms with Gasteiger partial charge in [0.2, 0.25) is 0 Å². The summed E-state index contributed by atoms with van der Waals surface area (Å²) in [4.78, 5) is 0. The van der Waals surface area contributed by atoms with Crippen molar-refractivity contribution in [1.29, 1.82) is 0 Å². The van der Waals surface area contributed by atoms with Crippen LogP contribution in [0.1, 0.15) is 147 Å². The molecule has 0 aliphatic rings. The number of unbranched alkanes of at least 4 members (excludes halogenated alkanes) is 17. The Labute approximate surface area is 215 Å². The fraction of sp³-hybridized carbons (Fsp3) is 0.758. The van der Waals surface area contributed by atoms with E-state index in [-0.39, 0.29) is 0 Å². The van der Waals surface area contributed by atoms with Crippen LogP contribution in [0.4, 0.5) is 0 Å². The van der Waals surface area contributed by atoms with Gasteiger partial charge in [-0.2, -0.15) is 0 Å². The van der Waals surface area contributed by atoms with Gasteiger partial charge in [-0.15, -0.1) is 0 Å². The number of rotatable bonds is 24. The van der Waals surface area contributed by atoms with Gasteiger partial charge in [-0.05, 0) is 32.3 Å². The Morgan fingerprint density at radius 2 is 0.941 bits per heavy atom. The maximum absolute atomic E-state index is 3.87. The van der Waals surface area contributed by atoms with Crippen molar-refractivity contribution in [2.75, 3.05) is 19.6 Å². The highest BCUT2D eigenvalue weighted by molar-refractivity contribution is 5.47. The van der Waals surface area contributed by atoms with Gasteiger partial charge in [0.1, 0.15) is 6.54 Å². The predicted octanol–water partition coefficient (Wildman–Crippen LogP) is 10.7. The molecule has 0 unspecified atom stereocenters. The lowest BCUT2D eigenvalue weighted by molar-refractivity contribution is -0.938. The molecule has 0 atom stereocenters. The van der Waals surface area contributed by atoms with Gasteiger partial charge in [-0.1, -0.05) is 147 Å². The van der Waals surface area contributed by atoms with Gasteiger partial charge in [-0.25, -0.2) is 0 Å². The zero-order valence-electron chi connectivity index (χ0n) is 23.6. The van der Waals surface area contributed by atoms with Gasteiger partial charge in [0.15, 0.2) is 0 Å². The van der Waals surface area contributed by atoms with Gasteiger partial charge >= 0.3 is 0 Å². The molecule has 1 aromatic carbocycles. The SMILES string of the molecule is C=Cc1ccc(C[N+](CC)(CC)CCCCCCCCCCCCCCCCCCCC)cc1. The lowest BCUT2D eigenvalue weighted by atomic mass is 10.0. The summed E-state index contributed by atoms with van der Waals surface area (Å²) >= 11 is 0. The fourth-order valence-electron chi connectivity index (χ4n) is 5.34. The van der Waals surface area contributed by atoms with Crippen LogP contribution in [-0.4, -0.2) is 24.1 Å². The van der Waals surface area contributed by atoms with Crippen LogP contribution < -0.4 is 0 Å². The first-order chi connectivity index (χ1) is 16.7. The zero-order chi connectivity index (χ0) is 24.7. The lowest BCUT2D eigenvalue weighted by Crippen LogP contribution is -2.47. The standard InChI is InChI=1S/C33H60N/c1-5-9-10-11-12-13-14-15-16-17-18-19-20-21-22-23-24-25-30-34(7-3,8-4)31-33-28-26-32(6-2)27-29-33/h6,26-29H,2,5,7-25,30-31H2,1,3-4H3/q+1. The minimum absolute atomic E-state index is 1.17. The molecule has 0 radical (unpaired) electrons. The molecule has 1 nitrogen and oxygen atoms in total. The number of quaternary nitrogens is 1. The van der Waals surface area contributed by atoms with Crippen molar-refractivity contribution >= 4 is 6.08 Å². The highest BCUT2D eigenvalue weighted by Crippen LogP contribution is 2.19. The molecular weight excluding hydrogens is 410 g/mol. The van der Waals surface area contributed by atoms with E-state index in [1.807, 2.05) is 6.08 Å². The lowest BCUT2D eigenvalue weighted by Gasteiger charge is -2.37. The van der Waals surface area contributed by atoms with Crippen LogP contribution in [0.15, 0.2) is 30.8 Å². The van der Waals surface area contributed by atoms with Crippen molar-refractivity contribution in [3.8, 4) is 0 Å². The van der Waals surface area contributed by atoms with Gasteiger partial charge in [-0.3, -0.25) is 0 Å². The van der Waals surface area contributed by atoms with Crippen LogP contribution in [0.5, 0.6) is 0 Å². The van der Waals surface area contributed by atoms with Crippen molar-refractivity contribution in [2.24, 2.45) is 0 Å². The molecular formula is C33H60N+. The van der Waals surface area contributed by atoms with Crippen LogP contribution in [-0.2, 0) is 6.54 Å². The average Bonchev–Trinajstić information content (AvgIpc) is 2.87. The van der Waals surface area contributed by atoms with E-state index in [9.17, 15) is 0 Å². The van der Waals surface area contributed by atoms with E-state index in [0.717, 1.165) is 0 Å². The minimum atomic E-state index is 1.17. The summed E-state index contributed by atoms with van der Waals surface area (Å²) in [5, 5.41) is 0. The van der Waals surface area contributed by atoms with Gasteiger partial charge in [0.25, 0.3) is 0 Å². The monoisotopic (exact) mass is 470 g/mol. The maximum atomic E-state index is 3.87. The number of hydrogen-bond acceptors (Lipinski definition) is 0. The normalized spacial score (nSPS) is 11.7. The molecule has 0 spiro atoms. The van der Waals surface area contributed by atoms with Gasteiger partial charge < -0.3 is 4.48 Å². The van der Waals surface area contributed by atoms with Crippen molar-refractivity contribution < 1.29 is 4.48 Å². The summed E-state index contributed by atoms with van der Waals surface area (Å²) in [6.07, 6.45) is 28.0. The molecule has 0 bridgehead atoms. The highest BCUT2D eigenvalue weighted by Gasteiger charge is 2.23. The van der Waals surface area contributed by atoms with E-state index in [1.165, 1.54) is 157 Å². The molecule has 1 heteroatoms. The van der Waals surface area contributed by atoms with E-state index < -0.39 is 0 Å². The molecule has 0 N–H and O–H groups in total. The summed E-state index contributed by atoms with van der Waals surface area (Å²) in [6, 6.07) is 9.01.